The second-order valence-electron chi connectivity index (χ2n) is 5.83. The molecule has 1 amide bonds. The van der Waals surface area contributed by atoms with Gasteiger partial charge in [0.15, 0.2) is 0 Å². The molecule has 2 fully saturated rings. The maximum absolute atomic E-state index is 12.3. The van der Waals surface area contributed by atoms with Gasteiger partial charge in [0.1, 0.15) is 0 Å². The van der Waals surface area contributed by atoms with Crippen molar-refractivity contribution in [3.8, 4) is 0 Å². The largest absolute Gasteiger partial charge is 0.355 e. The van der Waals surface area contributed by atoms with Crippen molar-refractivity contribution in [1.29, 1.82) is 0 Å². The molecule has 0 aromatic heterocycles. The summed E-state index contributed by atoms with van der Waals surface area (Å²) in [7, 11) is 0. The first kappa shape index (κ1) is 13.4. The number of nitrogens with one attached hydrogen (secondary N) is 1. The van der Waals surface area contributed by atoms with E-state index < -0.39 is 0 Å². The Bertz CT molecular complexity index is 273. The van der Waals surface area contributed by atoms with E-state index in [4.69, 9.17) is 0 Å². The van der Waals surface area contributed by atoms with Gasteiger partial charge in [0.05, 0.1) is 0 Å². The van der Waals surface area contributed by atoms with E-state index in [1.54, 1.807) is 0 Å². The second-order valence-corrected chi connectivity index (χ2v) is 7.12. The molecule has 1 N–H and O–H groups in total. The zero-order valence-corrected chi connectivity index (χ0v) is 12.4. The van der Waals surface area contributed by atoms with Crippen molar-refractivity contribution in [3.63, 3.8) is 0 Å². The summed E-state index contributed by atoms with van der Waals surface area (Å²) >= 11 is 3.66. The molecule has 2 nitrogen and oxygen atoms in total. The predicted molar refractivity (Wildman–Crippen MR) is 74.3 cm³/mol. The summed E-state index contributed by atoms with van der Waals surface area (Å²) in [6, 6.07) is 0. The minimum Gasteiger partial charge on any atom is -0.355 e. The third-order valence-electron chi connectivity index (χ3n) is 4.75. The number of halogens is 1. The van der Waals surface area contributed by atoms with Crippen LogP contribution in [0.1, 0.15) is 58.3 Å². The average Bonchev–Trinajstić information content (AvgIpc) is 2.95. The van der Waals surface area contributed by atoms with Crippen LogP contribution in [0.3, 0.4) is 0 Å². The van der Waals surface area contributed by atoms with Gasteiger partial charge in [0.2, 0.25) is 5.91 Å². The van der Waals surface area contributed by atoms with Crippen molar-refractivity contribution in [3.05, 3.63) is 0 Å². The smallest absolute Gasteiger partial charge is 0.226 e. The van der Waals surface area contributed by atoms with E-state index >= 15 is 0 Å². The first-order chi connectivity index (χ1) is 8.16. The number of rotatable bonds is 4. The van der Waals surface area contributed by atoms with Crippen molar-refractivity contribution < 1.29 is 4.79 Å². The average molecular weight is 302 g/mol. The molecule has 0 bridgehead atoms. The molecule has 0 radical (unpaired) electrons. The summed E-state index contributed by atoms with van der Waals surface area (Å²) in [6.45, 7) is 3.05. The van der Waals surface area contributed by atoms with E-state index in [2.05, 4.69) is 28.2 Å². The minimum absolute atomic E-state index is 0.0214. The van der Waals surface area contributed by atoms with Crippen LogP contribution < -0.4 is 5.32 Å². The quantitative estimate of drug-likeness (QED) is 0.789. The van der Waals surface area contributed by atoms with Crippen LogP contribution in [0.15, 0.2) is 0 Å². The molecule has 0 heterocycles. The monoisotopic (exact) mass is 301 g/mol. The lowest BCUT2D eigenvalue weighted by Crippen LogP contribution is -2.40. The second kappa shape index (κ2) is 5.73. The molecule has 0 aromatic carbocycles. The fraction of sp³-hybridized carbons (Fsp3) is 0.929. The van der Waals surface area contributed by atoms with Gasteiger partial charge >= 0.3 is 0 Å². The Kier molecular flexibility index (Phi) is 4.51. The lowest BCUT2D eigenvalue weighted by atomic mass is 9.82. The number of carbonyl (C=O) groups excluding carboxylic acids is 1. The summed E-state index contributed by atoms with van der Waals surface area (Å²) in [4.78, 5) is 13.0. The van der Waals surface area contributed by atoms with Crippen LogP contribution in [-0.2, 0) is 4.79 Å². The molecule has 2 unspecified atom stereocenters. The highest BCUT2D eigenvalue weighted by molar-refractivity contribution is 9.09. The van der Waals surface area contributed by atoms with Gasteiger partial charge in [-0.3, -0.25) is 4.79 Å². The summed E-state index contributed by atoms with van der Waals surface area (Å²) in [5, 5.41) is 3.22. The number of hydrogen-bond acceptors (Lipinski definition) is 1. The third-order valence-corrected chi connectivity index (χ3v) is 5.58. The molecule has 98 valence electrons. The molecule has 0 spiro atoms. The van der Waals surface area contributed by atoms with Crippen molar-refractivity contribution in [2.45, 2.75) is 63.1 Å². The summed E-state index contributed by atoms with van der Waals surface area (Å²) in [6.07, 6.45) is 9.41. The van der Waals surface area contributed by atoms with Crippen LogP contribution in [0.4, 0.5) is 0 Å². The molecular formula is C14H24BrNO. The van der Waals surface area contributed by atoms with Crippen LogP contribution in [0.5, 0.6) is 0 Å². The Morgan fingerprint density at radius 2 is 2.06 bits per heavy atom. The lowest BCUT2D eigenvalue weighted by Gasteiger charge is -2.26. The van der Waals surface area contributed by atoms with Crippen LogP contribution in [0.25, 0.3) is 0 Å². The predicted octanol–water partition coefficient (Wildman–Crippen LogP) is 3.64. The molecule has 0 aromatic rings. The molecular weight excluding hydrogens is 278 g/mol. The van der Waals surface area contributed by atoms with Crippen molar-refractivity contribution >= 4 is 21.8 Å². The Balaban J connectivity index is 1.80. The van der Waals surface area contributed by atoms with Gasteiger partial charge in [-0.1, -0.05) is 35.7 Å². The van der Waals surface area contributed by atoms with Crippen LogP contribution in [-0.4, -0.2) is 17.3 Å². The number of carbonyl (C=O) groups is 1. The Morgan fingerprint density at radius 3 is 2.59 bits per heavy atom. The van der Waals surface area contributed by atoms with E-state index in [0.717, 1.165) is 25.8 Å². The molecule has 2 atom stereocenters. The van der Waals surface area contributed by atoms with E-state index in [1.807, 2.05) is 0 Å². The topological polar surface area (TPSA) is 29.1 Å². The number of hydrogen-bond donors (Lipinski definition) is 1. The van der Waals surface area contributed by atoms with Gasteiger partial charge in [0.25, 0.3) is 0 Å². The van der Waals surface area contributed by atoms with Gasteiger partial charge in [0, 0.05) is 16.8 Å². The third kappa shape index (κ3) is 3.04. The van der Waals surface area contributed by atoms with E-state index in [0.29, 0.717) is 16.7 Å². The zero-order chi connectivity index (χ0) is 12.3. The highest BCUT2D eigenvalue weighted by atomic mass is 79.9. The lowest BCUT2D eigenvalue weighted by molar-refractivity contribution is -0.131. The molecule has 3 heteroatoms. The Hall–Kier alpha value is -0.0500. The fourth-order valence-electron chi connectivity index (χ4n) is 3.42. The Morgan fingerprint density at radius 1 is 1.35 bits per heavy atom. The molecule has 2 aliphatic rings. The molecule has 2 aliphatic carbocycles. The van der Waals surface area contributed by atoms with Crippen molar-refractivity contribution in [1.82, 2.24) is 5.32 Å². The molecule has 0 saturated heterocycles. The van der Waals surface area contributed by atoms with Crippen molar-refractivity contribution in [2.24, 2.45) is 11.3 Å². The normalized spacial score (nSPS) is 31.6. The highest BCUT2D eigenvalue weighted by Gasteiger charge is 2.39. The molecule has 2 saturated carbocycles. The summed E-state index contributed by atoms with van der Waals surface area (Å²) in [5.74, 6) is 1.02. The summed E-state index contributed by atoms with van der Waals surface area (Å²) < 4.78 is 0. The molecule has 0 aliphatic heterocycles. The number of alkyl halides is 1. The first-order valence-electron chi connectivity index (χ1n) is 7.08. The van der Waals surface area contributed by atoms with E-state index in [9.17, 15) is 4.79 Å². The molecule has 17 heavy (non-hydrogen) atoms. The number of amides is 1. The van der Waals surface area contributed by atoms with Gasteiger partial charge < -0.3 is 5.32 Å². The fourth-order valence-corrected chi connectivity index (χ4v) is 4.21. The Labute approximate surface area is 113 Å². The van der Waals surface area contributed by atoms with E-state index in [-0.39, 0.29) is 5.41 Å². The van der Waals surface area contributed by atoms with Crippen LogP contribution >= 0.6 is 15.9 Å². The van der Waals surface area contributed by atoms with Crippen LogP contribution in [0.2, 0.25) is 0 Å². The van der Waals surface area contributed by atoms with Gasteiger partial charge in [-0.2, -0.15) is 0 Å². The van der Waals surface area contributed by atoms with Gasteiger partial charge in [-0.25, -0.2) is 0 Å². The maximum Gasteiger partial charge on any atom is 0.226 e. The molecule has 2 rings (SSSR count). The van der Waals surface area contributed by atoms with Crippen LogP contribution in [0, 0.1) is 11.3 Å². The van der Waals surface area contributed by atoms with E-state index in [1.165, 1.54) is 32.1 Å². The minimum atomic E-state index is -0.0214. The van der Waals surface area contributed by atoms with Gasteiger partial charge in [-0.05, 0) is 44.4 Å². The van der Waals surface area contributed by atoms with Gasteiger partial charge in [-0.15, -0.1) is 0 Å². The SMILES string of the molecule is CCC1(C(=O)NCC2CCC(Br)C2)CCCC1. The first-order valence-corrected chi connectivity index (χ1v) is 8.00. The maximum atomic E-state index is 12.3. The zero-order valence-electron chi connectivity index (χ0n) is 10.8. The van der Waals surface area contributed by atoms with Crippen molar-refractivity contribution in [2.75, 3.05) is 6.54 Å². The standard InChI is InChI=1S/C14H24BrNO/c1-2-14(7-3-4-8-14)13(17)16-10-11-5-6-12(15)9-11/h11-12H,2-10H2,1H3,(H,16,17). The summed E-state index contributed by atoms with van der Waals surface area (Å²) in [5.41, 5.74) is -0.0214. The highest BCUT2D eigenvalue weighted by Crippen LogP contribution is 2.41.